The molecule has 1 aromatic heterocycles. The number of hydrogen-bond donors (Lipinski definition) is 1. The first-order valence-electron chi connectivity index (χ1n) is 9.49. The van der Waals surface area contributed by atoms with Gasteiger partial charge in [0.1, 0.15) is 5.82 Å². The van der Waals surface area contributed by atoms with Crippen LogP contribution < -0.4 is 10.2 Å². The normalized spacial score (nSPS) is 12.5. The average Bonchev–Trinajstić information content (AvgIpc) is 3.16. The molecule has 0 bridgehead atoms. The van der Waals surface area contributed by atoms with Crippen LogP contribution in [0.4, 0.5) is 15.8 Å². The van der Waals surface area contributed by atoms with E-state index in [9.17, 15) is 14.0 Å². The Balaban J connectivity index is 1.39. The standard InChI is InChI=1S/C23H20FN3O2/c24-19-6-3-16(4-7-19)5-10-22(28)26-20-8-9-21-17(14-20)11-13-27(21)23(29)18-2-1-12-25-15-18/h1-4,6-9,12,14-15H,5,10-11,13H2,(H,26,28). The fourth-order valence-electron chi connectivity index (χ4n) is 3.47. The molecule has 5 nitrogen and oxygen atoms in total. The van der Waals surface area contributed by atoms with Crippen molar-refractivity contribution < 1.29 is 14.0 Å². The SMILES string of the molecule is O=C(CCc1ccc(F)cc1)Nc1ccc2c(c1)CCN2C(=O)c1cccnc1. The van der Waals surface area contributed by atoms with Gasteiger partial charge in [0, 0.05) is 36.7 Å². The van der Waals surface area contributed by atoms with E-state index in [-0.39, 0.29) is 17.6 Å². The Kier molecular flexibility index (Phi) is 5.33. The second kappa shape index (κ2) is 8.22. The molecule has 146 valence electrons. The van der Waals surface area contributed by atoms with Crippen molar-refractivity contribution in [1.29, 1.82) is 0 Å². The van der Waals surface area contributed by atoms with Crippen LogP contribution in [-0.2, 0) is 17.6 Å². The number of rotatable bonds is 5. The summed E-state index contributed by atoms with van der Waals surface area (Å²) in [5.74, 6) is -0.462. The van der Waals surface area contributed by atoms with Crippen LogP contribution >= 0.6 is 0 Å². The highest BCUT2D eigenvalue weighted by Gasteiger charge is 2.26. The maximum absolute atomic E-state index is 12.9. The maximum atomic E-state index is 12.9. The zero-order chi connectivity index (χ0) is 20.2. The first-order valence-corrected chi connectivity index (χ1v) is 9.49. The van der Waals surface area contributed by atoms with Crippen LogP contribution in [-0.4, -0.2) is 23.3 Å². The molecule has 0 spiro atoms. The lowest BCUT2D eigenvalue weighted by molar-refractivity contribution is -0.116. The van der Waals surface area contributed by atoms with Crippen LogP contribution in [0.1, 0.15) is 27.9 Å². The predicted molar refractivity (Wildman–Crippen MR) is 109 cm³/mol. The van der Waals surface area contributed by atoms with E-state index < -0.39 is 0 Å². The summed E-state index contributed by atoms with van der Waals surface area (Å²) in [5, 5.41) is 2.90. The van der Waals surface area contributed by atoms with Gasteiger partial charge in [0.05, 0.1) is 5.56 Å². The highest BCUT2D eigenvalue weighted by molar-refractivity contribution is 6.07. The van der Waals surface area contributed by atoms with Gasteiger partial charge in [-0.1, -0.05) is 12.1 Å². The van der Waals surface area contributed by atoms with E-state index in [4.69, 9.17) is 0 Å². The van der Waals surface area contributed by atoms with Crippen LogP contribution in [0.2, 0.25) is 0 Å². The molecular formula is C23H20FN3O2. The average molecular weight is 389 g/mol. The maximum Gasteiger partial charge on any atom is 0.259 e. The summed E-state index contributed by atoms with van der Waals surface area (Å²) in [5.41, 5.74) is 4.07. The zero-order valence-electron chi connectivity index (χ0n) is 15.8. The van der Waals surface area contributed by atoms with Crippen molar-refractivity contribution in [2.75, 3.05) is 16.8 Å². The number of nitrogens with one attached hydrogen (secondary N) is 1. The topological polar surface area (TPSA) is 62.3 Å². The van der Waals surface area contributed by atoms with Crippen LogP contribution in [0, 0.1) is 5.82 Å². The van der Waals surface area contributed by atoms with E-state index in [0.29, 0.717) is 30.6 Å². The smallest absolute Gasteiger partial charge is 0.259 e. The third-order valence-electron chi connectivity index (χ3n) is 4.97. The van der Waals surface area contributed by atoms with Crippen molar-refractivity contribution in [3.8, 4) is 0 Å². The summed E-state index contributed by atoms with van der Waals surface area (Å²) >= 11 is 0. The summed E-state index contributed by atoms with van der Waals surface area (Å²) in [6, 6.07) is 15.3. The van der Waals surface area contributed by atoms with Gasteiger partial charge in [-0.3, -0.25) is 14.6 Å². The molecule has 1 aliphatic rings. The van der Waals surface area contributed by atoms with Gasteiger partial charge in [-0.2, -0.15) is 0 Å². The van der Waals surface area contributed by atoms with Gasteiger partial charge < -0.3 is 10.2 Å². The van der Waals surface area contributed by atoms with E-state index in [0.717, 1.165) is 23.2 Å². The monoisotopic (exact) mass is 389 g/mol. The molecule has 0 aliphatic carbocycles. The number of hydrogen-bond acceptors (Lipinski definition) is 3. The zero-order valence-corrected chi connectivity index (χ0v) is 15.8. The molecule has 0 saturated carbocycles. The first kappa shape index (κ1) is 18.8. The van der Waals surface area contributed by atoms with Crippen molar-refractivity contribution in [1.82, 2.24) is 4.98 Å². The van der Waals surface area contributed by atoms with Crippen LogP contribution in [0.25, 0.3) is 0 Å². The fraction of sp³-hybridized carbons (Fsp3) is 0.174. The number of fused-ring (bicyclic) bond motifs is 1. The third kappa shape index (κ3) is 4.32. The molecule has 0 unspecified atom stereocenters. The number of nitrogens with zero attached hydrogens (tertiary/aromatic N) is 2. The second-order valence-corrected chi connectivity index (χ2v) is 6.97. The number of halogens is 1. The Labute approximate surface area is 168 Å². The van der Waals surface area contributed by atoms with E-state index in [1.54, 1.807) is 41.6 Å². The molecule has 1 aliphatic heterocycles. The molecule has 29 heavy (non-hydrogen) atoms. The molecule has 0 saturated heterocycles. The minimum atomic E-state index is -0.285. The molecule has 1 N–H and O–H groups in total. The highest BCUT2D eigenvalue weighted by atomic mass is 19.1. The number of aromatic nitrogens is 1. The van der Waals surface area contributed by atoms with E-state index in [1.807, 2.05) is 18.2 Å². The molecular weight excluding hydrogens is 369 g/mol. The molecule has 0 atom stereocenters. The Morgan fingerprint density at radius 3 is 2.69 bits per heavy atom. The first-order chi connectivity index (χ1) is 14.1. The van der Waals surface area contributed by atoms with Gasteiger partial charge in [-0.05, 0) is 66.4 Å². The Morgan fingerprint density at radius 1 is 1.10 bits per heavy atom. The van der Waals surface area contributed by atoms with Crippen LogP contribution in [0.3, 0.4) is 0 Å². The number of amides is 2. The van der Waals surface area contributed by atoms with Crippen LogP contribution in [0.15, 0.2) is 67.0 Å². The summed E-state index contributed by atoms with van der Waals surface area (Å²) < 4.78 is 12.9. The lowest BCUT2D eigenvalue weighted by Crippen LogP contribution is -2.28. The van der Waals surface area contributed by atoms with Gasteiger partial charge >= 0.3 is 0 Å². The molecule has 6 heteroatoms. The number of carbonyl (C=O) groups excluding carboxylic acids is 2. The van der Waals surface area contributed by atoms with Gasteiger partial charge in [0.25, 0.3) is 5.91 Å². The summed E-state index contributed by atoms with van der Waals surface area (Å²) in [6.07, 6.45) is 4.80. The molecule has 0 radical (unpaired) electrons. The van der Waals surface area contributed by atoms with E-state index >= 15 is 0 Å². The molecule has 3 aromatic rings. The number of benzene rings is 2. The number of anilines is 2. The third-order valence-corrected chi connectivity index (χ3v) is 4.97. The quantitative estimate of drug-likeness (QED) is 0.718. The van der Waals surface area contributed by atoms with Crippen molar-refractivity contribution in [3.05, 3.63) is 89.5 Å². The van der Waals surface area contributed by atoms with Gasteiger partial charge in [0.15, 0.2) is 0 Å². The van der Waals surface area contributed by atoms with Crippen molar-refractivity contribution in [2.24, 2.45) is 0 Å². The summed E-state index contributed by atoms with van der Waals surface area (Å²) in [6.45, 7) is 0.602. The van der Waals surface area contributed by atoms with E-state index in [1.165, 1.54) is 12.1 Å². The van der Waals surface area contributed by atoms with Gasteiger partial charge in [-0.15, -0.1) is 0 Å². The van der Waals surface area contributed by atoms with Crippen molar-refractivity contribution >= 4 is 23.2 Å². The van der Waals surface area contributed by atoms with Gasteiger partial charge in [-0.25, -0.2) is 4.39 Å². The predicted octanol–water partition coefficient (Wildman–Crippen LogP) is 3.99. The Morgan fingerprint density at radius 2 is 1.93 bits per heavy atom. The van der Waals surface area contributed by atoms with Gasteiger partial charge in [0.2, 0.25) is 5.91 Å². The fourth-order valence-corrected chi connectivity index (χ4v) is 3.47. The molecule has 2 heterocycles. The number of carbonyl (C=O) groups is 2. The van der Waals surface area contributed by atoms with Crippen LogP contribution in [0.5, 0.6) is 0 Å². The summed E-state index contributed by atoms with van der Waals surface area (Å²) in [4.78, 5) is 30.7. The molecule has 2 aromatic carbocycles. The second-order valence-electron chi connectivity index (χ2n) is 6.97. The lowest BCUT2D eigenvalue weighted by Gasteiger charge is -2.17. The molecule has 4 rings (SSSR count). The Hall–Kier alpha value is -3.54. The number of aryl methyl sites for hydroxylation is 1. The molecule has 2 amide bonds. The summed E-state index contributed by atoms with van der Waals surface area (Å²) in [7, 11) is 0. The number of pyridine rings is 1. The minimum Gasteiger partial charge on any atom is -0.326 e. The van der Waals surface area contributed by atoms with Crippen molar-refractivity contribution in [3.63, 3.8) is 0 Å². The highest BCUT2D eigenvalue weighted by Crippen LogP contribution is 2.31. The largest absolute Gasteiger partial charge is 0.326 e. The van der Waals surface area contributed by atoms with E-state index in [2.05, 4.69) is 10.3 Å². The van der Waals surface area contributed by atoms with Crippen molar-refractivity contribution in [2.45, 2.75) is 19.3 Å². The molecule has 0 fully saturated rings. The minimum absolute atomic E-state index is 0.0760. The Bertz CT molecular complexity index is 1040. The lowest BCUT2D eigenvalue weighted by atomic mass is 10.1.